The predicted octanol–water partition coefficient (Wildman–Crippen LogP) is 2.17. The number of aryl methyl sites for hydroxylation is 1. The minimum absolute atomic E-state index is 0.0513. The van der Waals surface area contributed by atoms with E-state index in [4.69, 9.17) is 4.74 Å². The highest BCUT2D eigenvalue weighted by Gasteiger charge is 2.27. The van der Waals surface area contributed by atoms with Crippen LogP contribution in [0.15, 0.2) is 34.2 Å². The van der Waals surface area contributed by atoms with Gasteiger partial charge in [-0.25, -0.2) is 9.37 Å². The monoisotopic (exact) mass is 391 g/mol. The van der Waals surface area contributed by atoms with Crippen LogP contribution in [0.3, 0.4) is 0 Å². The van der Waals surface area contributed by atoms with Crippen LogP contribution in [0.1, 0.15) is 18.2 Å². The maximum atomic E-state index is 12.8. The van der Waals surface area contributed by atoms with Gasteiger partial charge in [0.05, 0.1) is 12.5 Å². The Hall–Kier alpha value is -2.35. The molecule has 0 saturated carbocycles. The van der Waals surface area contributed by atoms with Crippen molar-refractivity contribution in [1.29, 1.82) is 0 Å². The lowest BCUT2D eigenvalue weighted by Gasteiger charge is -2.25. The van der Waals surface area contributed by atoms with Crippen molar-refractivity contribution in [3.8, 4) is 5.75 Å². The molecule has 8 heteroatoms. The summed E-state index contributed by atoms with van der Waals surface area (Å²) in [5.74, 6) is 0.411. The zero-order valence-corrected chi connectivity index (χ0v) is 16.1. The van der Waals surface area contributed by atoms with Crippen LogP contribution in [-0.4, -0.2) is 34.4 Å². The lowest BCUT2D eigenvalue weighted by Crippen LogP contribution is -2.41. The summed E-state index contributed by atoms with van der Waals surface area (Å²) < 4.78 is 19.9. The number of hydrogen-bond acceptors (Lipinski definition) is 5. The summed E-state index contributed by atoms with van der Waals surface area (Å²) in [5, 5.41) is 3.52. The third-order valence-electron chi connectivity index (χ3n) is 4.46. The molecule has 144 valence electrons. The van der Waals surface area contributed by atoms with E-state index in [-0.39, 0.29) is 29.8 Å². The van der Waals surface area contributed by atoms with Crippen molar-refractivity contribution in [2.45, 2.75) is 32.0 Å². The lowest BCUT2D eigenvalue weighted by molar-refractivity contribution is -0.124. The number of carbonyl (C=O) groups excluding carboxylic acids is 1. The molecule has 1 aromatic heterocycles. The summed E-state index contributed by atoms with van der Waals surface area (Å²) in [6, 6.07) is 5.72. The number of thioether (sulfide) groups is 1. The maximum Gasteiger partial charge on any atom is 0.257 e. The van der Waals surface area contributed by atoms with Crippen molar-refractivity contribution in [3.63, 3.8) is 0 Å². The van der Waals surface area contributed by atoms with E-state index in [0.717, 1.165) is 5.69 Å². The zero-order chi connectivity index (χ0) is 19.4. The van der Waals surface area contributed by atoms with Crippen molar-refractivity contribution >= 4 is 17.7 Å². The molecule has 0 fully saturated rings. The summed E-state index contributed by atoms with van der Waals surface area (Å²) in [5.41, 5.74) is 1.42. The van der Waals surface area contributed by atoms with Gasteiger partial charge in [-0.2, -0.15) is 0 Å². The second kappa shape index (κ2) is 8.56. The number of amides is 1. The molecule has 1 aliphatic rings. The molecule has 27 heavy (non-hydrogen) atoms. The Kier molecular flexibility index (Phi) is 6.15. The Labute approximate surface area is 161 Å². The van der Waals surface area contributed by atoms with Crippen molar-refractivity contribution in [2.75, 3.05) is 18.9 Å². The van der Waals surface area contributed by atoms with Gasteiger partial charge in [0, 0.05) is 23.6 Å². The predicted molar refractivity (Wildman–Crippen MR) is 102 cm³/mol. The molecule has 1 amide bonds. The van der Waals surface area contributed by atoms with Gasteiger partial charge in [0.2, 0.25) is 5.91 Å². The number of rotatable bonds is 6. The molecule has 2 aromatic rings. The Morgan fingerprint density at radius 1 is 1.41 bits per heavy atom. The molecular formula is C19H22FN3O3S. The van der Waals surface area contributed by atoms with Crippen LogP contribution in [0.2, 0.25) is 0 Å². The second-order valence-corrected chi connectivity index (χ2v) is 7.32. The molecule has 0 radical (unpaired) electrons. The average Bonchev–Trinajstić information content (AvgIpc) is 2.66. The van der Waals surface area contributed by atoms with Gasteiger partial charge in [-0.1, -0.05) is 18.7 Å². The Bertz CT molecular complexity index is 883. The van der Waals surface area contributed by atoms with Crippen LogP contribution in [0, 0.1) is 18.7 Å². The summed E-state index contributed by atoms with van der Waals surface area (Å²) in [4.78, 5) is 29.5. The molecule has 1 aromatic carbocycles. The minimum atomic E-state index is -0.322. The first-order valence-corrected chi connectivity index (χ1v) is 9.87. The number of halogens is 1. The molecule has 0 saturated heterocycles. The lowest BCUT2D eigenvalue weighted by atomic mass is 10.1. The molecule has 3 rings (SSSR count). The van der Waals surface area contributed by atoms with Crippen molar-refractivity contribution in [1.82, 2.24) is 14.9 Å². The van der Waals surface area contributed by atoms with Crippen LogP contribution in [0.5, 0.6) is 5.75 Å². The van der Waals surface area contributed by atoms with Gasteiger partial charge >= 0.3 is 0 Å². The first kappa shape index (κ1) is 19.4. The molecule has 1 N–H and O–H groups in total. The summed E-state index contributed by atoms with van der Waals surface area (Å²) >= 11 is 1.43. The van der Waals surface area contributed by atoms with E-state index < -0.39 is 0 Å². The zero-order valence-electron chi connectivity index (χ0n) is 15.3. The van der Waals surface area contributed by atoms with E-state index in [2.05, 4.69) is 10.3 Å². The number of nitrogens with one attached hydrogen (secondary N) is 1. The van der Waals surface area contributed by atoms with Crippen LogP contribution in [0.4, 0.5) is 4.39 Å². The van der Waals surface area contributed by atoms with Crippen LogP contribution < -0.4 is 15.6 Å². The van der Waals surface area contributed by atoms with Crippen molar-refractivity contribution in [3.05, 3.63) is 51.7 Å². The van der Waals surface area contributed by atoms with Gasteiger partial charge < -0.3 is 10.1 Å². The van der Waals surface area contributed by atoms with E-state index in [1.54, 1.807) is 16.7 Å². The average molecular weight is 391 g/mol. The summed E-state index contributed by atoms with van der Waals surface area (Å²) in [6.07, 6.45) is 0.625. The number of aromatic nitrogens is 2. The van der Waals surface area contributed by atoms with Gasteiger partial charge in [-0.15, -0.1) is 0 Å². The fourth-order valence-electron chi connectivity index (χ4n) is 2.98. The van der Waals surface area contributed by atoms with Crippen LogP contribution in [-0.2, 0) is 17.8 Å². The van der Waals surface area contributed by atoms with E-state index in [1.807, 2.05) is 13.8 Å². The van der Waals surface area contributed by atoms with Crippen molar-refractivity contribution in [2.24, 2.45) is 5.92 Å². The third-order valence-corrected chi connectivity index (χ3v) is 5.60. The highest BCUT2D eigenvalue weighted by molar-refractivity contribution is 7.99. The van der Waals surface area contributed by atoms with Gasteiger partial charge in [0.25, 0.3) is 5.56 Å². The molecular weight excluding hydrogens is 369 g/mol. The first-order chi connectivity index (χ1) is 13.0. The summed E-state index contributed by atoms with van der Waals surface area (Å²) in [7, 11) is 0. The van der Waals surface area contributed by atoms with E-state index in [9.17, 15) is 14.0 Å². The number of ether oxygens (including phenoxy) is 1. The van der Waals surface area contributed by atoms with E-state index >= 15 is 0 Å². The van der Waals surface area contributed by atoms with Crippen molar-refractivity contribution < 1.29 is 13.9 Å². The molecule has 1 unspecified atom stereocenters. The molecule has 1 atom stereocenters. The number of carbonyl (C=O) groups is 1. The third kappa shape index (κ3) is 4.50. The molecule has 0 spiro atoms. The first-order valence-electron chi connectivity index (χ1n) is 8.88. The Morgan fingerprint density at radius 2 is 2.15 bits per heavy atom. The standard InChI is InChI=1S/C19H22FN3O3S/c1-3-16-12(2)22-19-23(18(16)25)10-13(11-27-19)17(24)21-8-9-26-15-6-4-14(20)5-7-15/h4-7,13H,3,8-11H2,1-2H3,(H,21,24). The Balaban J connectivity index is 1.54. The topological polar surface area (TPSA) is 73.2 Å². The number of nitrogens with zero attached hydrogens (tertiary/aromatic N) is 2. The normalized spacial score (nSPS) is 15.9. The minimum Gasteiger partial charge on any atom is -0.492 e. The van der Waals surface area contributed by atoms with E-state index in [1.165, 1.54) is 23.9 Å². The fourth-order valence-corrected chi connectivity index (χ4v) is 4.10. The van der Waals surface area contributed by atoms with Gasteiger partial charge in [-0.05, 0) is 37.6 Å². The smallest absolute Gasteiger partial charge is 0.257 e. The van der Waals surface area contributed by atoms with Gasteiger partial charge in [0.15, 0.2) is 5.16 Å². The SMILES string of the molecule is CCc1c(C)nc2n(c1=O)CC(C(=O)NCCOc1ccc(F)cc1)CS2. The highest BCUT2D eigenvalue weighted by Crippen LogP contribution is 2.26. The largest absolute Gasteiger partial charge is 0.492 e. The molecule has 1 aliphatic heterocycles. The quantitative estimate of drug-likeness (QED) is 0.604. The van der Waals surface area contributed by atoms with Gasteiger partial charge in [0.1, 0.15) is 18.2 Å². The highest BCUT2D eigenvalue weighted by atomic mass is 32.2. The number of hydrogen-bond donors (Lipinski definition) is 1. The van der Waals surface area contributed by atoms with Crippen LogP contribution in [0.25, 0.3) is 0 Å². The molecule has 0 aliphatic carbocycles. The maximum absolute atomic E-state index is 12.8. The molecule has 0 bridgehead atoms. The number of fused-ring (bicyclic) bond motifs is 1. The second-order valence-electron chi connectivity index (χ2n) is 6.33. The van der Waals surface area contributed by atoms with Crippen LogP contribution >= 0.6 is 11.8 Å². The number of benzene rings is 1. The summed E-state index contributed by atoms with van der Waals surface area (Å²) in [6.45, 7) is 4.74. The van der Waals surface area contributed by atoms with Gasteiger partial charge in [-0.3, -0.25) is 14.2 Å². The fraction of sp³-hybridized carbons (Fsp3) is 0.421. The molecule has 2 heterocycles. The Morgan fingerprint density at radius 3 is 2.85 bits per heavy atom. The molecule has 6 nitrogen and oxygen atoms in total. The van der Waals surface area contributed by atoms with E-state index in [0.29, 0.717) is 41.7 Å².